The third-order valence-corrected chi connectivity index (χ3v) is 3.13. The van der Waals surface area contributed by atoms with Crippen LogP contribution in [-0.4, -0.2) is 21.3 Å². The third-order valence-electron chi connectivity index (χ3n) is 3.13. The topological polar surface area (TPSA) is 77.5 Å². The first-order valence-corrected chi connectivity index (χ1v) is 5.88. The lowest BCUT2D eigenvalue weighted by Crippen LogP contribution is -2.28. The lowest BCUT2D eigenvalue weighted by molar-refractivity contribution is 0.333. The van der Waals surface area contributed by atoms with Gasteiger partial charge in [0.05, 0.1) is 44.4 Å². The average molecular weight is 264 g/mol. The van der Waals surface area contributed by atoms with E-state index < -0.39 is 11.5 Å². The van der Waals surface area contributed by atoms with Crippen LogP contribution in [0.25, 0.3) is 0 Å². The summed E-state index contributed by atoms with van der Waals surface area (Å²) in [6, 6.07) is 5.12. The molecule has 0 aliphatic heterocycles. The Labute approximate surface area is 113 Å². The maximum Gasteiger partial charge on any atom is 0.131 e. The van der Waals surface area contributed by atoms with E-state index in [2.05, 4.69) is 6.07 Å². The van der Waals surface area contributed by atoms with Gasteiger partial charge in [0.1, 0.15) is 17.2 Å². The summed E-state index contributed by atoms with van der Waals surface area (Å²) in [6.07, 6.45) is 0. The number of nitriles is 1. The van der Waals surface area contributed by atoms with Gasteiger partial charge in [-0.05, 0) is 13.8 Å². The summed E-state index contributed by atoms with van der Waals surface area (Å²) in [7, 11) is 4.65. The van der Waals surface area contributed by atoms with Gasteiger partial charge in [-0.25, -0.2) is 0 Å². The first kappa shape index (κ1) is 15.1. The van der Waals surface area contributed by atoms with Gasteiger partial charge in [-0.1, -0.05) is 0 Å². The number of rotatable bonds is 5. The van der Waals surface area contributed by atoms with Crippen LogP contribution in [0.4, 0.5) is 0 Å². The maximum atomic E-state index is 9.22. The minimum atomic E-state index is -0.741. The van der Waals surface area contributed by atoms with Crippen molar-refractivity contribution in [2.45, 2.75) is 19.9 Å². The molecule has 1 aromatic rings. The highest BCUT2D eigenvalue weighted by Crippen LogP contribution is 2.43. The summed E-state index contributed by atoms with van der Waals surface area (Å²) in [4.78, 5) is 0. The van der Waals surface area contributed by atoms with E-state index in [4.69, 9.17) is 19.9 Å². The third kappa shape index (κ3) is 2.91. The fourth-order valence-corrected chi connectivity index (χ4v) is 1.77. The Morgan fingerprint density at radius 3 is 1.89 bits per heavy atom. The smallest absolute Gasteiger partial charge is 0.131 e. The number of nitrogens with zero attached hydrogens (tertiary/aromatic N) is 1. The first-order chi connectivity index (χ1) is 8.91. The van der Waals surface area contributed by atoms with Gasteiger partial charge in [0.15, 0.2) is 0 Å². The predicted octanol–water partition coefficient (Wildman–Crippen LogP) is 2.26. The summed E-state index contributed by atoms with van der Waals surface area (Å²) >= 11 is 0. The maximum absolute atomic E-state index is 9.22. The van der Waals surface area contributed by atoms with Crippen molar-refractivity contribution >= 4 is 0 Å². The molecule has 0 saturated carbocycles. The van der Waals surface area contributed by atoms with E-state index in [1.165, 1.54) is 0 Å². The highest BCUT2D eigenvalue weighted by molar-refractivity contribution is 5.53. The minimum Gasteiger partial charge on any atom is -0.496 e. The van der Waals surface area contributed by atoms with Crippen molar-refractivity contribution in [1.29, 1.82) is 5.26 Å². The van der Waals surface area contributed by atoms with Gasteiger partial charge in [0, 0.05) is 12.1 Å². The van der Waals surface area contributed by atoms with Gasteiger partial charge in [-0.3, -0.25) is 0 Å². The Kier molecular flexibility index (Phi) is 4.62. The zero-order chi connectivity index (χ0) is 14.6. The number of hydrogen-bond donors (Lipinski definition) is 1. The molecule has 19 heavy (non-hydrogen) atoms. The molecular formula is C14H20N2O3. The van der Waals surface area contributed by atoms with Crippen LogP contribution in [0.3, 0.4) is 0 Å². The molecule has 1 aromatic carbocycles. The number of ether oxygens (including phenoxy) is 3. The van der Waals surface area contributed by atoms with E-state index in [0.29, 0.717) is 22.8 Å². The molecule has 1 atom stereocenters. The molecule has 0 spiro atoms. The van der Waals surface area contributed by atoms with Gasteiger partial charge in [-0.15, -0.1) is 0 Å². The number of benzene rings is 1. The van der Waals surface area contributed by atoms with Crippen molar-refractivity contribution in [2.24, 2.45) is 11.1 Å². The van der Waals surface area contributed by atoms with Crippen LogP contribution >= 0.6 is 0 Å². The molecule has 0 amide bonds. The fraction of sp³-hybridized carbons (Fsp3) is 0.500. The first-order valence-electron chi connectivity index (χ1n) is 5.88. The van der Waals surface area contributed by atoms with Crippen LogP contribution in [0, 0.1) is 16.7 Å². The fourth-order valence-electron chi connectivity index (χ4n) is 1.77. The van der Waals surface area contributed by atoms with Crippen molar-refractivity contribution in [3.05, 3.63) is 17.7 Å². The molecule has 0 aromatic heterocycles. The monoisotopic (exact) mass is 264 g/mol. The quantitative estimate of drug-likeness (QED) is 0.882. The predicted molar refractivity (Wildman–Crippen MR) is 72.4 cm³/mol. The second-order valence-electron chi connectivity index (χ2n) is 4.76. The molecule has 5 heteroatoms. The van der Waals surface area contributed by atoms with E-state index in [-0.39, 0.29) is 0 Å². The zero-order valence-electron chi connectivity index (χ0n) is 12.0. The average Bonchev–Trinajstić information content (AvgIpc) is 2.44. The van der Waals surface area contributed by atoms with Crippen molar-refractivity contribution in [3.63, 3.8) is 0 Å². The van der Waals surface area contributed by atoms with Gasteiger partial charge < -0.3 is 19.9 Å². The Morgan fingerprint density at radius 1 is 1.11 bits per heavy atom. The van der Waals surface area contributed by atoms with Crippen LogP contribution in [0.2, 0.25) is 0 Å². The largest absolute Gasteiger partial charge is 0.496 e. The van der Waals surface area contributed by atoms with Crippen molar-refractivity contribution < 1.29 is 14.2 Å². The lowest BCUT2D eigenvalue weighted by atomic mass is 9.81. The SMILES string of the molecule is COc1cc(OC)c(C(N)C(C)(C)C#N)c(OC)c1. The Balaban J connectivity index is 3.45. The lowest BCUT2D eigenvalue weighted by Gasteiger charge is -2.27. The van der Waals surface area contributed by atoms with E-state index in [1.807, 2.05) is 0 Å². The molecule has 104 valence electrons. The van der Waals surface area contributed by atoms with Gasteiger partial charge in [0.2, 0.25) is 0 Å². The molecule has 0 saturated heterocycles. The summed E-state index contributed by atoms with van der Waals surface area (Å²) in [5, 5.41) is 9.22. The van der Waals surface area contributed by atoms with E-state index in [9.17, 15) is 5.26 Å². The molecule has 0 aliphatic carbocycles. The molecular weight excluding hydrogens is 244 g/mol. The Bertz CT molecular complexity index is 467. The molecule has 5 nitrogen and oxygen atoms in total. The van der Waals surface area contributed by atoms with Crippen LogP contribution in [-0.2, 0) is 0 Å². The van der Waals surface area contributed by atoms with E-state index in [1.54, 1.807) is 47.3 Å². The van der Waals surface area contributed by atoms with Crippen molar-refractivity contribution in [1.82, 2.24) is 0 Å². The Morgan fingerprint density at radius 2 is 1.58 bits per heavy atom. The molecule has 2 N–H and O–H groups in total. The van der Waals surface area contributed by atoms with Gasteiger partial charge >= 0.3 is 0 Å². The molecule has 0 aliphatic rings. The zero-order valence-corrected chi connectivity index (χ0v) is 12.0. The van der Waals surface area contributed by atoms with Crippen LogP contribution in [0.1, 0.15) is 25.5 Å². The van der Waals surface area contributed by atoms with E-state index in [0.717, 1.165) is 0 Å². The van der Waals surface area contributed by atoms with Crippen molar-refractivity contribution in [3.8, 4) is 23.3 Å². The molecule has 1 rings (SSSR count). The van der Waals surface area contributed by atoms with E-state index >= 15 is 0 Å². The minimum absolute atomic E-state index is 0.534. The number of hydrogen-bond acceptors (Lipinski definition) is 5. The number of nitrogens with two attached hydrogens (primary N) is 1. The highest BCUT2D eigenvalue weighted by atomic mass is 16.5. The normalized spacial score (nSPS) is 12.5. The highest BCUT2D eigenvalue weighted by Gasteiger charge is 2.32. The second kappa shape index (κ2) is 5.81. The summed E-state index contributed by atoms with van der Waals surface area (Å²) < 4.78 is 15.9. The Hall–Kier alpha value is -1.93. The summed E-state index contributed by atoms with van der Waals surface area (Å²) in [5.74, 6) is 1.71. The standard InChI is InChI=1S/C14H20N2O3/c1-14(2,8-15)13(16)12-10(18-4)6-9(17-3)7-11(12)19-5/h6-7,13H,16H2,1-5H3. The van der Waals surface area contributed by atoms with Gasteiger partial charge in [-0.2, -0.15) is 5.26 Å². The van der Waals surface area contributed by atoms with Crippen LogP contribution in [0.15, 0.2) is 12.1 Å². The molecule has 1 unspecified atom stereocenters. The molecule has 0 radical (unpaired) electrons. The molecule has 0 bridgehead atoms. The van der Waals surface area contributed by atoms with Crippen LogP contribution in [0.5, 0.6) is 17.2 Å². The summed E-state index contributed by atoms with van der Waals surface area (Å²) in [6.45, 7) is 3.56. The second-order valence-corrected chi connectivity index (χ2v) is 4.76. The number of methoxy groups -OCH3 is 3. The molecule has 0 fully saturated rings. The summed E-state index contributed by atoms with van der Waals surface area (Å²) in [5.41, 5.74) is 6.13. The van der Waals surface area contributed by atoms with Crippen molar-refractivity contribution in [2.75, 3.05) is 21.3 Å². The molecule has 0 heterocycles. The van der Waals surface area contributed by atoms with Crippen LogP contribution < -0.4 is 19.9 Å². The van der Waals surface area contributed by atoms with Gasteiger partial charge in [0.25, 0.3) is 0 Å².